The van der Waals surface area contributed by atoms with Crippen LogP contribution in [0, 0.1) is 11.2 Å². The van der Waals surface area contributed by atoms with Gasteiger partial charge in [0.05, 0.1) is 0 Å². The number of likely N-dealkylation sites (N-methyl/N-ethyl adjacent to an activating group) is 1. The molecule has 118 valence electrons. The number of benzene rings is 2. The predicted octanol–water partition coefficient (Wildman–Crippen LogP) is 4.30. The maximum absolute atomic E-state index is 13.4. The Kier molecular flexibility index (Phi) is 3.40. The SMILES string of the molecule is C=CC(C)(C)C1(c2ccc(F)cc2)C(=O)N(C)c2ccccc21. The highest BCUT2D eigenvalue weighted by Crippen LogP contribution is 2.55. The minimum Gasteiger partial charge on any atom is -0.314 e. The van der Waals surface area contributed by atoms with Crippen LogP contribution in [0.5, 0.6) is 0 Å². The summed E-state index contributed by atoms with van der Waals surface area (Å²) >= 11 is 0. The van der Waals surface area contributed by atoms with Crippen molar-refractivity contribution in [2.75, 3.05) is 11.9 Å². The summed E-state index contributed by atoms with van der Waals surface area (Å²) in [5.41, 5.74) is 1.16. The monoisotopic (exact) mass is 309 g/mol. The van der Waals surface area contributed by atoms with Crippen molar-refractivity contribution in [3.63, 3.8) is 0 Å². The molecule has 3 rings (SSSR count). The van der Waals surface area contributed by atoms with Crippen LogP contribution in [-0.2, 0) is 10.2 Å². The van der Waals surface area contributed by atoms with Gasteiger partial charge in [0.15, 0.2) is 0 Å². The number of carbonyl (C=O) groups is 1. The predicted molar refractivity (Wildman–Crippen MR) is 91.0 cm³/mol. The molecule has 0 aliphatic carbocycles. The molecule has 0 spiro atoms. The Labute approximate surface area is 136 Å². The quantitative estimate of drug-likeness (QED) is 0.774. The molecule has 0 fully saturated rings. The number of halogens is 1. The lowest BCUT2D eigenvalue weighted by Gasteiger charge is -2.41. The minimum atomic E-state index is -0.909. The van der Waals surface area contributed by atoms with Gasteiger partial charge in [-0.3, -0.25) is 4.79 Å². The van der Waals surface area contributed by atoms with Crippen molar-refractivity contribution in [1.29, 1.82) is 0 Å². The van der Waals surface area contributed by atoms with Gasteiger partial charge in [0, 0.05) is 18.2 Å². The summed E-state index contributed by atoms with van der Waals surface area (Å²) in [7, 11) is 1.78. The van der Waals surface area contributed by atoms with Gasteiger partial charge < -0.3 is 4.90 Å². The Morgan fingerprint density at radius 2 is 1.74 bits per heavy atom. The highest BCUT2D eigenvalue weighted by molar-refractivity contribution is 6.11. The number of amides is 1. The van der Waals surface area contributed by atoms with E-state index in [1.807, 2.05) is 44.2 Å². The van der Waals surface area contributed by atoms with Gasteiger partial charge in [-0.25, -0.2) is 4.39 Å². The van der Waals surface area contributed by atoms with E-state index in [9.17, 15) is 9.18 Å². The third-order valence-electron chi connectivity index (χ3n) is 5.05. The van der Waals surface area contributed by atoms with Gasteiger partial charge in [0.25, 0.3) is 0 Å². The van der Waals surface area contributed by atoms with Crippen molar-refractivity contribution in [2.45, 2.75) is 19.3 Å². The molecule has 2 nitrogen and oxygen atoms in total. The second kappa shape index (κ2) is 5.05. The van der Waals surface area contributed by atoms with Gasteiger partial charge in [0.2, 0.25) is 5.91 Å². The maximum atomic E-state index is 13.4. The Balaban J connectivity index is 2.41. The van der Waals surface area contributed by atoms with Crippen LogP contribution in [0.25, 0.3) is 0 Å². The highest BCUT2D eigenvalue weighted by atomic mass is 19.1. The topological polar surface area (TPSA) is 20.3 Å². The Morgan fingerprint density at radius 3 is 2.35 bits per heavy atom. The Morgan fingerprint density at radius 1 is 1.13 bits per heavy atom. The molecule has 0 aromatic heterocycles. The number of fused-ring (bicyclic) bond motifs is 1. The van der Waals surface area contributed by atoms with Crippen LogP contribution in [0.2, 0.25) is 0 Å². The van der Waals surface area contributed by atoms with Gasteiger partial charge in [0.1, 0.15) is 11.2 Å². The molecule has 1 unspecified atom stereocenters. The summed E-state index contributed by atoms with van der Waals surface area (Å²) in [6, 6.07) is 14.0. The highest BCUT2D eigenvalue weighted by Gasteiger charge is 2.58. The Hall–Kier alpha value is -2.42. The van der Waals surface area contributed by atoms with Crippen LogP contribution in [0.3, 0.4) is 0 Å². The molecule has 0 saturated heterocycles. The van der Waals surface area contributed by atoms with E-state index in [0.29, 0.717) is 0 Å². The zero-order valence-corrected chi connectivity index (χ0v) is 13.6. The van der Waals surface area contributed by atoms with Crippen molar-refractivity contribution in [3.8, 4) is 0 Å². The third-order valence-corrected chi connectivity index (χ3v) is 5.05. The van der Waals surface area contributed by atoms with E-state index in [2.05, 4.69) is 6.58 Å². The number of hydrogen-bond acceptors (Lipinski definition) is 1. The smallest absolute Gasteiger partial charge is 0.242 e. The first-order chi connectivity index (χ1) is 10.9. The molecule has 2 aromatic rings. The lowest BCUT2D eigenvalue weighted by Crippen LogP contribution is -2.49. The normalized spacial score (nSPS) is 20.5. The van der Waals surface area contributed by atoms with Crippen LogP contribution in [0.4, 0.5) is 10.1 Å². The molecule has 1 aliphatic heterocycles. The van der Waals surface area contributed by atoms with Crippen molar-refractivity contribution in [3.05, 3.63) is 78.1 Å². The van der Waals surface area contributed by atoms with Crippen molar-refractivity contribution < 1.29 is 9.18 Å². The Bertz CT molecular complexity index is 778. The van der Waals surface area contributed by atoms with Gasteiger partial charge in [-0.1, -0.05) is 50.3 Å². The minimum absolute atomic E-state index is 0.0183. The number of anilines is 1. The molecular formula is C20H20FNO. The summed E-state index contributed by atoms with van der Waals surface area (Å²) in [4.78, 5) is 15.0. The average Bonchev–Trinajstić information content (AvgIpc) is 2.78. The molecule has 1 aliphatic rings. The first-order valence-electron chi connectivity index (χ1n) is 7.63. The molecule has 0 saturated carbocycles. The second-order valence-electron chi connectivity index (χ2n) is 6.56. The van der Waals surface area contributed by atoms with E-state index < -0.39 is 10.8 Å². The molecule has 23 heavy (non-hydrogen) atoms. The van der Waals surface area contributed by atoms with Crippen LogP contribution < -0.4 is 4.90 Å². The fraction of sp³-hybridized carbons (Fsp3) is 0.250. The summed E-state index contributed by atoms with van der Waals surface area (Å²) in [6.07, 6.45) is 1.81. The first-order valence-corrected chi connectivity index (χ1v) is 7.63. The molecule has 1 amide bonds. The van der Waals surface area contributed by atoms with Crippen LogP contribution >= 0.6 is 0 Å². The fourth-order valence-electron chi connectivity index (χ4n) is 3.69. The van der Waals surface area contributed by atoms with Gasteiger partial charge in [-0.15, -0.1) is 6.58 Å². The zero-order valence-electron chi connectivity index (χ0n) is 13.6. The van der Waals surface area contributed by atoms with Crippen LogP contribution in [0.1, 0.15) is 25.0 Å². The van der Waals surface area contributed by atoms with E-state index in [0.717, 1.165) is 16.8 Å². The molecule has 0 bridgehead atoms. The van der Waals surface area contributed by atoms with Crippen molar-refractivity contribution >= 4 is 11.6 Å². The largest absolute Gasteiger partial charge is 0.314 e. The standard InChI is InChI=1S/C20H20FNO/c1-5-19(2,3)20(14-10-12-15(21)13-11-14)16-8-6-7-9-17(16)22(4)18(20)23/h5-13H,1H2,2-4H3. The van der Waals surface area contributed by atoms with Gasteiger partial charge in [-0.2, -0.15) is 0 Å². The fourth-order valence-corrected chi connectivity index (χ4v) is 3.69. The zero-order chi connectivity index (χ0) is 16.8. The summed E-state index contributed by atoms with van der Waals surface area (Å²) in [6.45, 7) is 7.95. The third kappa shape index (κ3) is 1.89. The molecule has 2 aromatic carbocycles. The molecule has 3 heteroatoms. The van der Waals surface area contributed by atoms with E-state index >= 15 is 0 Å². The first kappa shape index (κ1) is 15.5. The molecule has 1 atom stereocenters. The number of nitrogens with zero attached hydrogens (tertiary/aromatic N) is 1. The van der Waals surface area contributed by atoms with E-state index in [1.54, 1.807) is 24.1 Å². The van der Waals surface area contributed by atoms with Gasteiger partial charge >= 0.3 is 0 Å². The van der Waals surface area contributed by atoms with Crippen LogP contribution in [-0.4, -0.2) is 13.0 Å². The lowest BCUT2D eigenvalue weighted by molar-refractivity contribution is -0.124. The lowest BCUT2D eigenvalue weighted by atomic mass is 9.58. The van der Waals surface area contributed by atoms with E-state index in [4.69, 9.17) is 0 Å². The summed E-state index contributed by atoms with van der Waals surface area (Å²) in [5, 5.41) is 0. The number of para-hydroxylation sites is 1. The summed E-state index contributed by atoms with van der Waals surface area (Å²) < 4.78 is 13.4. The molecule has 0 radical (unpaired) electrons. The van der Waals surface area contributed by atoms with Crippen molar-refractivity contribution in [2.24, 2.45) is 5.41 Å². The average molecular weight is 309 g/mol. The van der Waals surface area contributed by atoms with E-state index in [1.165, 1.54) is 12.1 Å². The molecular weight excluding hydrogens is 289 g/mol. The van der Waals surface area contributed by atoms with Crippen LogP contribution in [0.15, 0.2) is 61.2 Å². The summed E-state index contributed by atoms with van der Waals surface area (Å²) in [5.74, 6) is -0.331. The maximum Gasteiger partial charge on any atom is 0.242 e. The number of carbonyl (C=O) groups excluding carboxylic acids is 1. The number of allylic oxidation sites excluding steroid dienone is 1. The number of hydrogen-bond donors (Lipinski definition) is 0. The molecule has 1 heterocycles. The van der Waals surface area contributed by atoms with Crippen molar-refractivity contribution in [1.82, 2.24) is 0 Å². The molecule has 0 N–H and O–H groups in total. The van der Waals surface area contributed by atoms with Gasteiger partial charge in [-0.05, 0) is 29.3 Å². The number of rotatable bonds is 3. The second-order valence-corrected chi connectivity index (χ2v) is 6.56. The van der Waals surface area contributed by atoms with E-state index in [-0.39, 0.29) is 11.7 Å².